The highest BCUT2D eigenvalue weighted by molar-refractivity contribution is 9.10. The van der Waals surface area contributed by atoms with Crippen molar-refractivity contribution in [3.05, 3.63) is 67.4 Å². The number of carbonyl (C=O) groups excluding carboxylic acids is 1. The van der Waals surface area contributed by atoms with Crippen LogP contribution in [0.2, 0.25) is 10.0 Å². The minimum atomic E-state index is -2.45. The number of nitrogens with one attached hydrogen (secondary N) is 1. The lowest BCUT2D eigenvalue weighted by molar-refractivity contribution is 0.103. The molecule has 1 N–H and O–H groups in total. The summed E-state index contributed by atoms with van der Waals surface area (Å²) in [6.07, 6.45) is 0. The van der Waals surface area contributed by atoms with Gasteiger partial charge in [-0.2, -0.15) is 0 Å². The molecule has 0 radical (unpaired) electrons. The third-order valence-electron chi connectivity index (χ3n) is 3.25. The molecule has 0 aromatic heterocycles. The van der Waals surface area contributed by atoms with Crippen LogP contribution in [-0.4, -0.2) is 14.5 Å². The Morgan fingerprint density at radius 3 is 2.50 bits per heavy atom. The molecule has 0 aliphatic rings. The lowest BCUT2D eigenvalue weighted by Crippen LogP contribution is -2.21. The van der Waals surface area contributed by atoms with Crippen LogP contribution in [-0.2, 0) is 11.3 Å². The number of rotatable bonds is 5. The molecule has 0 amide bonds. The summed E-state index contributed by atoms with van der Waals surface area (Å²) in [7, 11) is 0. The van der Waals surface area contributed by atoms with Crippen molar-refractivity contribution in [3.8, 4) is 0 Å². The van der Waals surface area contributed by atoms with Gasteiger partial charge in [-0.3, -0.25) is 9.00 Å². The molecular weight excluding hydrogens is 444 g/mol. The molecule has 2 rings (SSSR count). The maximum Gasteiger partial charge on any atom is 0.195 e. The highest BCUT2D eigenvalue weighted by Crippen LogP contribution is 2.32. The molecule has 0 fully saturated rings. The van der Waals surface area contributed by atoms with Gasteiger partial charge >= 0.3 is 0 Å². The maximum atomic E-state index is 13.1. The summed E-state index contributed by atoms with van der Waals surface area (Å²) in [5.74, 6) is -0.983. The van der Waals surface area contributed by atoms with Crippen LogP contribution >= 0.6 is 39.1 Å². The molecule has 2 atom stereocenters. The molecular formula is C15H10BrCl2FNO3S-. The molecule has 0 bridgehead atoms. The van der Waals surface area contributed by atoms with Gasteiger partial charge in [-0.25, -0.2) is 9.11 Å². The monoisotopic (exact) mass is 452 g/mol. The van der Waals surface area contributed by atoms with Crippen LogP contribution in [0.4, 0.5) is 4.39 Å². The van der Waals surface area contributed by atoms with E-state index in [4.69, 9.17) is 23.2 Å². The van der Waals surface area contributed by atoms with E-state index < -0.39 is 28.9 Å². The molecule has 0 spiro atoms. The van der Waals surface area contributed by atoms with Gasteiger partial charge in [0.25, 0.3) is 0 Å². The van der Waals surface area contributed by atoms with Crippen LogP contribution in [0, 0.1) is 5.82 Å². The van der Waals surface area contributed by atoms with E-state index in [-0.39, 0.29) is 21.2 Å². The van der Waals surface area contributed by atoms with Crippen molar-refractivity contribution >= 4 is 56.2 Å². The molecule has 128 valence electrons. The molecule has 2 unspecified atom stereocenters. The zero-order chi connectivity index (χ0) is 18.0. The van der Waals surface area contributed by atoms with Crippen LogP contribution in [0.5, 0.6) is 0 Å². The smallest absolute Gasteiger partial charge is 0.195 e. The Morgan fingerprint density at radius 2 is 1.92 bits per heavy atom. The fraction of sp³-hybridized carbons (Fsp3) is 0.133. The minimum absolute atomic E-state index is 0.0103. The summed E-state index contributed by atoms with van der Waals surface area (Å²) in [4.78, 5) is 12.6. The third-order valence-corrected chi connectivity index (χ3v) is 5.09. The summed E-state index contributed by atoms with van der Waals surface area (Å²) in [5, 5.41) is 0.203. The Hall–Kier alpha value is -0.830. The summed E-state index contributed by atoms with van der Waals surface area (Å²) in [6, 6.07) is 5.86. The zero-order valence-electron chi connectivity index (χ0n) is 12.1. The van der Waals surface area contributed by atoms with Crippen molar-refractivity contribution in [1.29, 1.82) is 0 Å². The summed E-state index contributed by atoms with van der Waals surface area (Å²) < 4.78 is 37.3. The van der Waals surface area contributed by atoms with Gasteiger partial charge in [0.2, 0.25) is 0 Å². The highest BCUT2D eigenvalue weighted by Gasteiger charge is 2.20. The Bertz CT molecular complexity index is 835. The van der Waals surface area contributed by atoms with Gasteiger partial charge in [-0.05, 0) is 42.8 Å². The Labute approximate surface area is 158 Å². The largest absolute Gasteiger partial charge is 0.760 e. The van der Waals surface area contributed by atoms with E-state index in [1.54, 1.807) is 13.0 Å². The summed E-state index contributed by atoms with van der Waals surface area (Å²) in [6.45, 7) is 1.61. The number of hydrogen-bond acceptors (Lipinski definition) is 3. The van der Waals surface area contributed by atoms with E-state index in [0.717, 1.165) is 12.1 Å². The molecule has 0 aliphatic heterocycles. The van der Waals surface area contributed by atoms with Gasteiger partial charge < -0.3 is 4.55 Å². The Morgan fingerprint density at radius 1 is 1.25 bits per heavy atom. The molecule has 0 aliphatic carbocycles. The van der Waals surface area contributed by atoms with Gasteiger partial charge in [0, 0.05) is 37.9 Å². The third kappa shape index (κ3) is 4.41. The summed E-state index contributed by atoms with van der Waals surface area (Å²) >= 11 is 12.9. The van der Waals surface area contributed by atoms with E-state index in [1.807, 2.05) is 0 Å². The zero-order valence-corrected chi connectivity index (χ0v) is 16.0. The number of ketones is 1. The number of hydrogen-bond donors (Lipinski definition) is 1. The first-order valence-electron chi connectivity index (χ1n) is 6.54. The second-order valence-electron chi connectivity index (χ2n) is 4.88. The second kappa shape index (κ2) is 8.03. The second-order valence-corrected chi connectivity index (χ2v) is 7.25. The molecule has 2 aromatic carbocycles. The first kappa shape index (κ1) is 19.5. The maximum absolute atomic E-state index is 13.1. The number of carbonyl (C=O) groups is 1. The van der Waals surface area contributed by atoms with Gasteiger partial charge in [-0.15, -0.1) is 0 Å². The lowest BCUT2D eigenvalue weighted by Gasteiger charge is -2.18. The minimum Gasteiger partial charge on any atom is -0.760 e. The van der Waals surface area contributed by atoms with Crippen molar-refractivity contribution in [2.75, 3.05) is 0 Å². The van der Waals surface area contributed by atoms with Crippen LogP contribution in [0.15, 0.2) is 34.8 Å². The normalized spacial score (nSPS) is 13.6. The highest BCUT2D eigenvalue weighted by atomic mass is 79.9. The molecule has 24 heavy (non-hydrogen) atoms. The quantitative estimate of drug-likeness (QED) is 0.532. The summed E-state index contributed by atoms with van der Waals surface area (Å²) in [5.41, 5.74) is 0.858. The van der Waals surface area contributed by atoms with Crippen LogP contribution in [0.25, 0.3) is 0 Å². The molecule has 0 saturated heterocycles. The van der Waals surface area contributed by atoms with Crippen molar-refractivity contribution in [2.45, 2.75) is 13.0 Å². The van der Waals surface area contributed by atoms with Crippen molar-refractivity contribution in [1.82, 2.24) is 4.72 Å². The fourth-order valence-electron chi connectivity index (χ4n) is 2.09. The number of benzene rings is 2. The molecule has 9 heteroatoms. The molecule has 0 saturated carbocycles. The predicted octanol–water partition coefficient (Wildman–Crippen LogP) is 4.57. The number of halogens is 4. The van der Waals surface area contributed by atoms with Crippen molar-refractivity contribution in [3.63, 3.8) is 0 Å². The average molecular weight is 454 g/mol. The van der Waals surface area contributed by atoms with E-state index in [1.165, 1.54) is 12.1 Å². The average Bonchev–Trinajstić information content (AvgIpc) is 2.47. The van der Waals surface area contributed by atoms with Crippen LogP contribution < -0.4 is 4.72 Å². The van der Waals surface area contributed by atoms with Gasteiger partial charge in [0.05, 0.1) is 5.02 Å². The molecule has 4 nitrogen and oxygen atoms in total. The van der Waals surface area contributed by atoms with Crippen LogP contribution in [0.1, 0.15) is 34.5 Å². The van der Waals surface area contributed by atoms with Crippen molar-refractivity contribution in [2.24, 2.45) is 0 Å². The first-order chi connectivity index (χ1) is 11.2. The van der Waals surface area contributed by atoms with E-state index in [2.05, 4.69) is 20.7 Å². The van der Waals surface area contributed by atoms with Gasteiger partial charge in [0.1, 0.15) is 5.82 Å². The van der Waals surface area contributed by atoms with Crippen LogP contribution in [0.3, 0.4) is 0 Å². The van der Waals surface area contributed by atoms with E-state index >= 15 is 0 Å². The fourth-order valence-corrected chi connectivity index (χ4v) is 3.63. The standard InChI is InChI=1S/C15H11BrCl2FNO3S/c1-7(20-24(22)23)10-5-12(16)11(6-14(10)18)15(21)9-3-2-8(19)4-13(9)17/h2-7,20H,1H3,(H,22,23)/p-1. The Kier molecular flexibility index (Phi) is 6.52. The SMILES string of the molecule is CC(NS(=O)[O-])c1cc(Br)c(C(=O)c2ccc(F)cc2Cl)cc1Cl. The van der Waals surface area contributed by atoms with E-state index in [9.17, 15) is 17.9 Å². The van der Waals surface area contributed by atoms with E-state index in [0.29, 0.717) is 10.0 Å². The molecule has 2 aromatic rings. The first-order valence-corrected chi connectivity index (χ1v) is 9.17. The topological polar surface area (TPSA) is 69.2 Å². The van der Waals surface area contributed by atoms with Crippen molar-refractivity contribution < 1.29 is 17.9 Å². The van der Waals surface area contributed by atoms with Gasteiger partial charge in [0.15, 0.2) is 5.78 Å². The lowest BCUT2D eigenvalue weighted by atomic mass is 10.00. The Balaban J connectivity index is 2.43. The molecule has 0 heterocycles. The predicted molar refractivity (Wildman–Crippen MR) is 94.5 cm³/mol. The van der Waals surface area contributed by atoms with Gasteiger partial charge in [-0.1, -0.05) is 39.1 Å².